The van der Waals surface area contributed by atoms with Crippen molar-refractivity contribution >= 4 is 11.1 Å². The first-order valence-electron chi connectivity index (χ1n) is 5.01. The molecule has 0 atom stereocenters. The van der Waals surface area contributed by atoms with Crippen LogP contribution >= 0.6 is 0 Å². The van der Waals surface area contributed by atoms with Gasteiger partial charge in [-0.15, -0.1) is 0 Å². The molecule has 2 aromatic rings. The predicted molar refractivity (Wildman–Crippen MR) is 58.8 cm³/mol. The van der Waals surface area contributed by atoms with Crippen molar-refractivity contribution in [3.05, 3.63) is 34.3 Å². The van der Waals surface area contributed by atoms with Crippen LogP contribution in [0, 0.1) is 0 Å². The summed E-state index contributed by atoms with van der Waals surface area (Å²) in [5.74, 6) is -0.314. The number of hydrogen-bond acceptors (Lipinski definition) is 3. The molecule has 80 valence electrons. The summed E-state index contributed by atoms with van der Waals surface area (Å²) in [5, 5.41) is 3.22. The molecule has 0 spiro atoms. The molecule has 0 aliphatic carbocycles. The fraction of sp³-hybridized carbons (Fsp3) is 0.364. The van der Waals surface area contributed by atoms with E-state index in [1.54, 1.807) is 7.05 Å². The molecule has 0 saturated heterocycles. The summed E-state index contributed by atoms with van der Waals surface area (Å²) in [6.45, 7) is 3.78. The molecule has 0 unspecified atom stereocenters. The van der Waals surface area contributed by atoms with Crippen molar-refractivity contribution in [3.63, 3.8) is 0 Å². The van der Waals surface area contributed by atoms with Crippen LogP contribution in [0.5, 0.6) is 0 Å². The summed E-state index contributed by atoms with van der Waals surface area (Å²) in [6, 6.07) is 5.81. The van der Waals surface area contributed by atoms with E-state index >= 15 is 0 Å². The molecule has 0 saturated carbocycles. The number of aromatic nitrogens is 1. The number of hydrogen-bond donors (Lipinski definition) is 1. The first-order valence-corrected chi connectivity index (χ1v) is 5.01. The first-order chi connectivity index (χ1) is 7.22. The molecule has 4 nitrogen and oxygen atoms in total. The highest BCUT2D eigenvalue weighted by Crippen LogP contribution is 2.13. The average molecular weight is 206 g/mol. The van der Waals surface area contributed by atoms with Crippen LogP contribution in [0.3, 0.4) is 0 Å². The lowest BCUT2D eigenvalue weighted by molar-refractivity contribution is 0.527. The van der Waals surface area contributed by atoms with Gasteiger partial charge in [-0.2, -0.15) is 0 Å². The zero-order valence-corrected chi connectivity index (χ0v) is 8.91. The summed E-state index contributed by atoms with van der Waals surface area (Å²) in [7, 11) is 1.71. The second kappa shape index (κ2) is 3.90. The molecular formula is C11H14N2O2. The summed E-state index contributed by atoms with van der Waals surface area (Å²) in [5.41, 5.74) is 2.61. The third-order valence-corrected chi connectivity index (χ3v) is 2.44. The lowest BCUT2D eigenvalue weighted by atomic mass is 10.2. The van der Waals surface area contributed by atoms with Crippen molar-refractivity contribution in [2.45, 2.75) is 13.5 Å². The molecule has 1 heterocycles. The van der Waals surface area contributed by atoms with E-state index in [4.69, 9.17) is 4.42 Å². The van der Waals surface area contributed by atoms with Gasteiger partial charge in [0.1, 0.15) is 0 Å². The minimum absolute atomic E-state index is 0.314. The van der Waals surface area contributed by atoms with Crippen molar-refractivity contribution < 1.29 is 4.42 Å². The Balaban J connectivity index is 2.43. The molecule has 1 aromatic heterocycles. The molecule has 0 fully saturated rings. The predicted octanol–water partition coefficient (Wildman–Crippen LogP) is 1.24. The highest BCUT2D eigenvalue weighted by molar-refractivity contribution is 5.73. The number of oxazole rings is 1. The monoisotopic (exact) mass is 206 g/mol. The average Bonchev–Trinajstić information content (AvgIpc) is 2.52. The summed E-state index contributed by atoms with van der Waals surface area (Å²) >= 11 is 0. The Bertz CT molecular complexity index is 525. The molecular weight excluding hydrogens is 192 g/mol. The van der Waals surface area contributed by atoms with E-state index in [1.807, 2.05) is 18.2 Å². The molecule has 0 bridgehead atoms. The summed E-state index contributed by atoms with van der Waals surface area (Å²) < 4.78 is 6.61. The topological polar surface area (TPSA) is 47.2 Å². The second-order valence-electron chi connectivity index (χ2n) is 3.51. The van der Waals surface area contributed by atoms with Crippen molar-refractivity contribution in [3.8, 4) is 0 Å². The van der Waals surface area contributed by atoms with Gasteiger partial charge in [-0.1, -0.05) is 13.0 Å². The highest BCUT2D eigenvalue weighted by atomic mass is 16.4. The Labute approximate surface area is 87.5 Å². The summed E-state index contributed by atoms with van der Waals surface area (Å²) in [4.78, 5) is 11.2. The van der Waals surface area contributed by atoms with Gasteiger partial charge in [0, 0.05) is 13.6 Å². The van der Waals surface area contributed by atoms with Gasteiger partial charge in [-0.05, 0) is 24.2 Å². The van der Waals surface area contributed by atoms with E-state index in [2.05, 4.69) is 12.2 Å². The van der Waals surface area contributed by atoms with Crippen LogP contribution in [-0.4, -0.2) is 11.1 Å². The van der Waals surface area contributed by atoms with Crippen LogP contribution in [-0.2, 0) is 13.6 Å². The third-order valence-electron chi connectivity index (χ3n) is 2.44. The Morgan fingerprint density at radius 2 is 2.27 bits per heavy atom. The largest absolute Gasteiger partial charge is 0.419 e. The van der Waals surface area contributed by atoms with Crippen LogP contribution in [0.2, 0.25) is 0 Å². The smallest absolute Gasteiger partial charge is 0.408 e. The van der Waals surface area contributed by atoms with Gasteiger partial charge in [0.2, 0.25) is 0 Å². The summed E-state index contributed by atoms with van der Waals surface area (Å²) in [6.07, 6.45) is 0. The molecule has 15 heavy (non-hydrogen) atoms. The highest BCUT2D eigenvalue weighted by Gasteiger charge is 2.05. The van der Waals surface area contributed by atoms with Crippen LogP contribution in [0.15, 0.2) is 27.4 Å². The molecule has 1 N–H and O–H groups in total. The van der Waals surface area contributed by atoms with Gasteiger partial charge in [0.05, 0.1) is 5.52 Å². The van der Waals surface area contributed by atoms with E-state index < -0.39 is 0 Å². The standard InChI is InChI=1S/C11H14N2O2/c1-3-12-7-8-4-5-9-10(6-8)15-11(14)13(9)2/h4-6,12H,3,7H2,1-2H3. The number of benzene rings is 1. The Morgan fingerprint density at radius 1 is 1.47 bits per heavy atom. The molecule has 0 aliphatic heterocycles. The lowest BCUT2D eigenvalue weighted by Gasteiger charge is -2.01. The Morgan fingerprint density at radius 3 is 3.00 bits per heavy atom. The third kappa shape index (κ3) is 1.80. The molecule has 4 heteroatoms. The van der Waals surface area contributed by atoms with Crippen LogP contribution < -0.4 is 11.1 Å². The number of fused-ring (bicyclic) bond motifs is 1. The Hall–Kier alpha value is -1.55. The number of nitrogens with one attached hydrogen (secondary N) is 1. The minimum Gasteiger partial charge on any atom is -0.408 e. The van der Waals surface area contributed by atoms with Crippen molar-refractivity contribution in [1.29, 1.82) is 0 Å². The second-order valence-corrected chi connectivity index (χ2v) is 3.51. The normalized spacial score (nSPS) is 11.1. The van der Waals surface area contributed by atoms with Gasteiger partial charge in [-0.25, -0.2) is 4.79 Å². The molecule has 1 aromatic carbocycles. The van der Waals surface area contributed by atoms with Crippen molar-refractivity contribution in [2.75, 3.05) is 6.54 Å². The van der Waals surface area contributed by atoms with E-state index in [0.29, 0.717) is 5.58 Å². The van der Waals surface area contributed by atoms with Crippen LogP contribution in [0.1, 0.15) is 12.5 Å². The number of nitrogens with zero attached hydrogens (tertiary/aromatic N) is 1. The van der Waals surface area contributed by atoms with E-state index in [0.717, 1.165) is 24.2 Å². The SMILES string of the molecule is CCNCc1ccc2c(c1)oc(=O)n2C. The maximum absolute atomic E-state index is 11.2. The lowest BCUT2D eigenvalue weighted by Crippen LogP contribution is -2.11. The zero-order chi connectivity index (χ0) is 10.8. The van der Waals surface area contributed by atoms with Gasteiger partial charge < -0.3 is 9.73 Å². The minimum atomic E-state index is -0.314. The van der Waals surface area contributed by atoms with Gasteiger partial charge >= 0.3 is 5.76 Å². The number of aryl methyl sites for hydroxylation is 1. The van der Waals surface area contributed by atoms with E-state index in [1.165, 1.54) is 4.57 Å². The first kappa shape index (κ1) is 9.98. The van der Waals surface area contributed by atoms with E-state index in [9.17, 15) is 4.79 Å². The van der Waals surface area contributed by atoms with Crippen LogP contribution in [0.4, 0.5) is 0 Å². The molecule has 2 rings (SSSR count). The molecule has 0 aliphatic rings. The van der Waals surface area contributed by atoms with Crippen molar-refractivity contribution in [2.24, 2.45) is 7.05 Å². The van der Waals surface area contributed by atoms with Gasteiger partial charge in [-0.3, -0.25) is 4.57 Å². The van der Waals surface area contributed by atoms with Gasteiger partial charge in [0.25, 0.3) is 0 Å². The maximum Gasteiger partial charge on any atom is 0.419 e. The fourth-order valence-electron chi connectivity index (χ4n) is 1.56. The number of rotatable bonds is 3. The van der Waals surface area contributed by atoms with E-state index in [-0.39, 0.29) is 5.76 Å². The Kier molecular flexibility index (Phi) is 2.60. The molecule has 0 amide bonds. The zero-order valence-electron chi connectivity index (χ0n) is 8.91. The quantitative estimate of drug-likeness (QED) is 0.822. The molecule has 0 radical (unpaired) electrons. The van der Waals surface area contributed by atoms with Crippen LogP contribution in [0.25, 0.3) is 11.1 Å². The fourth-order valence-corrected chi connectivity index (χ4v) is 1.56. The van der Waals surface area contributed by atoms with Gasteiger partial charge in [0.15, 0.2) is 5.58 Å². The maximum atomic E-state index is 11.2. The van der Waals surface area contributed by atoms with Crippen molar-refractivity contribution in [1.82, 2.24) is 9.88 Å².